The van der Waals surface area contributed by atoms with Crippen LogP contribution in [0.3, 0.4) is 0 Å². The number of hydrogen-bond donors (Lipinski definition) is 2. The van der Waals surface area contributed by atoms with E-state index in [9.17, 15) is 19.8 Å². The SMILES string of the molecule is O=C1CCCCC(=O)Oc2ccc3ccccc3c2-c2c(O)c(cc3ccccc23)C=N[C@@H]2CCCC[C@H]2N=Cc2cc3ccccc3c(c2O)-c2c(ccc3ccccc23)O1. The number of fused-ring (bicyclic) bond motifs is 17. The number of phenols is 2. The number of rotatable bonds is 0. The van der Waals surface area contributed by atoms with Gasteiger partial charge in [0.2, 0.25) is 0 Å². The first-order valence-corrected chi connectivity index (χ1v) is 21.4. The summed E-state index contributed by atoms with van der Waals surface area (Å²) in [6.07, 6.45) is 8.01. The van der Waals surface area contributed by atoms with E-state index in [1.54, 1.807) is 24.6 Å². The molecule has 1 aliphatic heterocycles. The van der Waals surface area contributed by atoms with Gasteiger partial charge in [-0.05, 0) is 93.0 Å². The van der Waals surface area contributed by atoms with Gasteiger partial charge in [0.05, 0.1) is 12.1 Å². The molecule has 1 aliphatic carbocycles. The summed E-state index contributed by atoms with van der Waals surface area (Å²) in [5.74, 6) is -0.163. The van der Waals surface area contributed by atoms with Crippen LogP contribution in [0.5, 0.6) is 23.0 Å². The lowest BCUT2D eigenvalue weighted by molar-refractivity contribution is -0.136. The molecule has 1 heterocycles. The number of esters is 2. The van der Waals surface area contributed by atoms with E-state index in [2.05, 4.69) is 0 Å². The molecule has 2 aliphatic rings. The molecule has 0 spiro atoms. The van der Waals surface area contributed by atoms with Crippen LogP contribution in [-0.2, 0) is 9.59 Å². The molecule has 8 heteroatoms. The number of carbonyl (C=O) groups is 2. The zero-order valence-electron chi connectivity index (χ0n) is 34.1. The Morgan fingerprint density at radius 1 is 0.435 bits per heavy atom. The smallest absolute Gasteiger partial charge is 0.311 e. The fraction of sp³-hybridized carbons (Fsp3) is 0.185. The molecule has 306 valence electrons. The second kappa shape index (κ2) is 16.6. The third kappa shape index (κ3) is 7.32. The normalized spacial score (nSPS) is 17.5. The maximum atomic E-state index is 13.6. The summed E-state index contributed by atoms with van der Waals surface area (Å²) in [4.78, 5) is 37.5. The largest absolute Gasteiger partial charge is 0.507 e. The molecule has 0 amide bonds. The average Bonchev–Trinajstić information content (AvgIpc) is 3.29. The highest BCUT2D eigenvalue weighted by Gasteiger charge is 2.27. The summed E-state index contributed by atoms with van der Waals surface area (Å²) in [7, 11) is 0. The summed E-state index contributed by atoms with van der Waals surface area (Å²) in [5, 5.41) is 31.5. The minimum Gasteiger partial charge on any atom is -0.507 e. The van der Waals surface area contributed by atoms with Crippen molar-refractivity contribution < 1.29 is 29.3 Å². The average molecular weight is 817 g/mol. The Hall–Kier alpha value is -7.32. The van der Waals surface area contributed by atoms with Gasteiger partial charge >= 0.3 is 11.9 Å². The molecule has 62 heavy (non-hydrogen) atoms. The summed E-state index contributed by atoms with van der Waals surface area (Å²) in [6, 6.07) is 42.4. The standard InChI is InChI=1S/C54H44N2O6/c57-47-23-11-12-24-48(58)62-46-28-26-34-14-2-6-18-40(34)50(46)52-42-20-8-4-16-36(42)30-38(54(52)60)32-56-44-22-10-9-21-43(44)55-31-37-29-35-15-3-7-19-41(35)51(53(37)59)49-39-17-5-1-13-33(39)25-27-45(49)61-47/h1-8,13-20,25-32,43-44,59-60H,9-12,21-24H2/t43-,44-/m1/s1. The Kier molecular flexibility index (Phi) is 10.4. The van der Waals surface area contributed by atoms with Crippen molar-refractivity contribution in [1.82, 2.24) is 0 Å². The molecule has 0 saturated heterocycles. The van der Waals surface area contributed by atoms with Gasteiger partial charge < -0.3 is 19.7 Å². The fourth-order valence-corrected chi connectivity index (χ4v) is 9.29. The van der Waals surface area contributed by atoms with Crippen LogP contribution in [0.4, 0.5) is 0 Å². The first-order chi connectivity index (χ1) is 30.4. The Morgan fingerprint density at radius 2 is 0.806 bits per heavy atom. The van der Waals surface area contributed by atoms with E-state index in [0.717, 1.165) is 68.8 Å². The van der Waals surface area contributed by atoms with Crippen molar-refractivity contribution in [3.63, 3.8) is 0 Å². The number of aromatic hydroxyl groups is 2. The molecule has 2 atom stereocenters. The first-order valence-electron chi connectivity index (χ1n) is 21.4. The van der Waals surface area contributed by atoms with Crippen molar-refractivity contribution in [2.75, 3.05) is 0 Å². The monoisotopic (exact) mass is 816 g/mol. The van der Waals surface area contributed by atoms with Crippen molar-refractivity contribution in [1.29, 1.82) is 0 Å². The van der Waals surface area contributed by atoms with E-state index in [1.165, 1.54) is 0 Å². The van der Waals surface area contributed by atoms with E-state index in [1.807, 2.05) is 121 Å². The molecule has 8 aromatic carbocycles. The van der Waals surface area contributed by atoms with E-state index in [4.69, 9.17) is 19.5 Å². The van der Waals surface area contributed by atoms with E-state index in [-0.39, 0.29) is 36.4 Å². The van der Waals surface area contributed by atoms with E-state index in [0.29, 0.717) is 57.7 Å². The predicted molar refractivity (Wildman–Crippen MR) is 248 cm³/mol. The molecular weight excluding hydrogens is 773 g/mol. The van der Waals surface area contributed by atoms with Gasteiger partial charge in [-0.25, -0.2) is 0 Å². The summed E-state index contributed by atoms with van der Waals surface area (Å²) in [6.45, 7) is 0. The van der Waals surface area contributed by atoms with Crippen LogP contribution in [0.25, 0.3) is 65.3 Å². The third-order valence-corrected chi connectivity index (χ3v) is 12.3. The van der Waals surface area contributed by atoms with Gasteiger partial charge in [0.25, 0.3) is 0 Å². The van der Waals surface area contributed by atoms with Gasteiger partial charge in [0.15, 0.2) is 0 Å². The molecule has 8 nitrogen and oxygen atoms in total. The molecule has 4 bridgehead atoms. The Labute approximate surface area is 358 Å². The van der Waals surface area contributed by atoms with Gasteiger partial charge in [-0.1, -0.05) is 122 Å². The lowest BCUT2D eigenvalue weighted by atomic mass is 9.89. The number of aliphatic imine (C=N–C) groups is 2. The number of carbonyl (C=O) groups excluding carboxylic acids is 2. The molecule has 1 fully saturated rings. The van der Waals surface area contributed by atoms with Crippen LogP contribution in [0.1, 0.15) is 62.5 Å². The molecule has 2 N–H and O–H groups in total. The first kappa shape index (κ1) is 38.9. The Balaban J connectivity index is 1.14. The molecule has 0 aromatic heterocycles. The van der Waals surface area contributed by atoms with Gasteiger partial charge in [-0.2, -0.15) is 0 Å². The predicted octanol–water partition coefficient (Wildman–Crippen LogP) is 12.3. The minimum absolute atomic E-state index is 0.0337. The highest BCUT2D eigenvalue weighted by Crippen LogP contribution is 2.48. The van der Waals surface area contributed by atoms with Crippen LogP contribution in [0.2, 0.25) is 0 Å². The van der Waals surface area contributed by atoms with Crippen molar-refractivity contribution >= 4 is 67.5 Å². The Morgan fingerprint density at radius 3 is 1.23 bits per heavy atom. The molecule has 8 aromatic rings. The molecule has 10 rings (SSSR count). The lowest BCUT2D eigenvalue weighted by Crippen LogP contribution is -2.27. The highest BCUT2D eigenvalue weighted by molar-refractivity contribution is 6.14. The van der Waals surface area contributed by atoms with Crippen molar-refractivity contribution in [3.8, 4) is 45.3 Å². The number of ether oxygens (including phenoxy) is 2. The van der Waals surface area contributed by atoms with Crippen LogP contribution >= 0.6 is 0 Å². The van der Waals surface area contributed by atoms with Crippen molar-refractivity contribution in [2.45, 2.75) is 63.5 Å². The number of benzene rings is 8. The highest BCUT2D eigenvalue weighted by atomic mass is 16.5. The summed E-state index contributed by atoms with van der Waals surface area (Å²) < 4.78 is 12.3. The third-order valence-electron chi connectivity index (χ3n) is 12.3. The maximum Gasteiger partial charge on any atom is 0.311 e. The second-order valence-electron chi connectivity index (χ2n) is 16.3. The van der Waals surface area contributed by atoms with Crippen LogP contribution in [0, 0.1) is 0 Å². The molecule has 1 saturated carbocycles. The van der Waals surface area contributed by atoms with E-state index < -0.39 is 11.9 Å². The Bertz CT molecular complexity index is 2920. The van der Waals surface area contributed by atoms with Gasteiger partial charge in [-0.15, -0.1) is 0 Å². The number of hydrogen-bond acceptors (Lipinski definition) is 8. The minimum atomic E-state index is -0.450. The van der Waals surface area contributed by atoms with Crippen LogP contribution < -0.4 is 9.47 Å². The van der Waals surface area contributed by atoms with Gasteiger partial charge in [-0.3, -0.25) is 19.6 Å². The molecule has 0 unspecified atom stereocenters. The molecular formula is C54H44N2O6. The summed E-state index contributed by atoms with van der Waals surface area (Å²) >= 11 is 0. The second-order valence-corrected chi connectivity index (χ2v) is 16.3. The van der Waals surface area contributed by atoms with E-state index >= 15 is 0 Å². The van der Waals surface area contributed by atoms with Crippen LogP contribution in [0.15, 0.2) is 143 Å². The zero-order valence-corrected chi connectivity index (χ0v) is 34.1. The van der Waals surface area contributed by atoms with Crippen LogP contribution in [-0.4, -0.2) is 46.7 Å². The van der Waals surface area contributed by atoms with Crippen molar-refractivity contribution in [3.05, 3.63) is 145 Å². The van der Waals surface area contributed by atoms with Gasteiger partial charge in [0.1, 0.15) is 23.0 Å². The fourth-order valence-electron chi connectivity index (χ4n) is 9.29. The maximum absolute atomic E-state index is 13.6. The topological polar surface area (TPSA) is 118 Å². The molecule has 0 radical (unpaired) electrons. The van der Waals surface area contributed by atoms with Crippen molar-refractivity contribution in [2.24, 2.45) is 9.98 Å². The number of phenolic OH excluding ortho intramolecular Hbond substituents is 2. The lowest BCUT2D eigenvalue weighted by Gasteiger charge is -2.26. The number of nitrogens with zero attached hydrogens (tertiary/aromatic N) is 2. The quantitative estimate of drug-likeness (QED) is 0.116. The summed E-state index contributed by atoms with van der Waals surface area (Å²) in [5.41, 5.74) is 3.41. The zero-order chi connectivity index (χ0) is 42.2. The van der Waals surface area contributed by atoms with Gasteiger partial charge in [0, 0.05) is 58.7 Å².